The second-order valence-corrected chi connectivity index (χ2v) is 4.96. The van der Waals surface area contributed by atoms with Crippen LogP contribution in [0.2, 0.25) is 5.02 Å². The highest BCUT2D eigenvalue weighted by Crippen LogP contribution is 2.26. The predicted molar refractivity (Wildman–Crippen MR) is 81.4 cm³/mol. The number of carbonyl (C=O) groups excluding carboxylic acids is 1. The van der Waals surface area contributed by atoms with Gasteiger partial charge in [-0.3, -0.25) is 4.79 Å². The maximum absolute atomic E-state index is 12.0. The Bertz CT molecular complexity index is 599. The molecule has 0 aliphatic heterocycles. The Kier molecular flexibility index (Phi) is 4.64. The molecule has 4 heteroatoms. The summed E-state index contributed by atoms with van der Waals surface area (Å²) in [7, 11) is 0. The van der Waals surface area contributed by atoms with Gasteiger partial charge in [0, 0.05) is 5.69 Å². The van der Waals surface area contributed by atoms with Crippen LogP contribution in [-0.4, -0.2) is 12.0 Å². The molecule has 0 saturated carbocycles. The SMILES string of the molecule is Cc1ccc(Cl)c(O[C@H](C)C(=O)Nc2ccccc2)c1. The zero-order valence-corrected chi connectivity index (χ0v) is 12.1. The van der Waals surface area contributed by atoms with Crippen LogP contribution in [0, 0.1) is 6.92 Å². The molecular weight excluding hydrogens is 274 g/mol. The number of hydrogen-bond donors (Lipinski definition) is 1. The first-order valence-corrected chi connectivity index (χ1v) is 6.73. The van der Waals surface area contributed by atoms with Gasteiger partial charge in [0.05, 0.1) is 5.02 Å². The molecule has 0 radical (unpaired) electrons. The van der Waals surface area contributed by atoms with Gasteiger partial charge < -0.3 is 10.1 Å². The summed E-state index contributed by atoms with van der Waals surface area (Å²) >= 11 is 6.05. The first kappa shape index (κ1) is 14.4. The van der Waals surface area contributed by atoms with Gasteiger partial charge in [0.15, 0.2) is 6.10 Å². The predicted octanol–water partition coefficient (Wildman–Crippen LogP) is 4.05. The quantitative estimate of drug-likeness (QED) is 0.922. The van der Waals surface area contributed by atoms with Gasteiger partial charge in [-0.15, -0.1) is 0 Å². The molecule has 0 heterocycles. The zero-order chi connectivity index (χ0) is 14.5. The number of benzene rings is 2. The highest BCUT2D eigenvalue weighted by atomic mass is 35.5. The summed E-state index contributed by atoms with van der Waals surface area (Å²) in [6, 6.07) is 14.7. The van der Waals surface area contributed by atoms with E-state index in [-0.39, 0.29) is 5.91 Å². The second kappa shape index (κ2) is 6.44. The first-order valence-electron chi connectivity index (χ1n) is 6.35. The van der Waals surface area contributed by atoms with E-state index in [2.05, 4.69) is 5.32 Å². The first-order chi connectivity index (χ1) is 9.56. The van der Waals surface area contributed by atoms with Gasteiger partial charge >= 0.3 is 0 Å². The standard InChI is InChI=1S/C16H16ClNO2/c1-11-8-9-14(17)15(10-11)20-12(2)16(19)18-13-6-4-3-5-7-13/h3-10,12H,1-2H3,(H,18,19)/t12-/m1/s1. The molecule has 104 valence electrons. The van der Waals surface area contributed by atoms with Crippen LogP contribution in [0.1, 0.15) is 12.5 Å². The maximum atomic E-state index is 12.0. The number of nitrogens with one attached hydrogen (secondary N) is 1. The van der Waals surface area contributed by atoms with E-state index in [1.807, 2.05) is 49.4 Å². The van der Waals surface area contributed by atoms with E-state index in [1.165, 1.54) is 0 Å². The lowest BCUT2D eigenvalue weighted by molar-refractivity contribution is -0.122. The number of halogens is 1. The zero-order valence-electron chi connectivity index (χ0n) is 11.4. The van der Waals surface area contributed by atoms with Gasteiger partial charge in [-0.1, -0.05) is 35.9 Å². The van der Waals surface area contributed by atoms with Crippen molar-refractivity contribution in [3.63, 3.8) is 0 Å². The molecular formula is C16H16ClNO2. The minimum atomic E-state index is -0.630. The molecule has 0 aromatic heterocycles. The molecule has 0 spiro atoms. The van der Waals surface area contributed by atoms with E-state index >= 15 is 0 Å². The normalized spacial score (nSPS) is 11.8. The molecule has 3 nitrogen and oxygen atoms in total. The third-order valence-electron chi connectivity index (χ3n) is 2.80. The number of aryl methyl sites for hydroxylation is 1. The number of amides is 1. The fourth-order valence-corrected chi connectivity index (χ4v) is 1.87. The van der Waals surface area contributed by atoms with Crippen molar-refractivity contribution in [3.05, 3.63) is 59.1 Å². The molecule has 0 bridgehead atoms. The Labute approximate surface area is 123 Å². The van der Waals surface area contributed by atoms with E-state index in [0.29, 0.717) is 10.8 Å². The van der Waals surface area contributed by atoms with Crippen molar-refractivity contribution < 1.29 is 9.53 Å². The maximum Gasteiger partial charge on any atom is 0.265 e. The van der Waals surface area contributed by atoms with Crippen LogP contribution < -0.4 is 10.1 Å². The largest absolute Gasteiger partial charge is 0.479 e. The third kappa shape index (κ3) is 3.75. The lowest BCUT2D eigenvalue weighted by atomic mass is 10.2. The Morgan fingerprint density at radius 3 is 2.60 bits per heavy atom. The van der Waals surface area contributed by atoms with Crippen molar-refractivity contribution in [1.82, 2.24) is 0 Å². The number of carbonyl (C=O) groups is 1. The van der Waals surface area contributed by atoms with Crippen LogP contribution in [0.15, 0.2) is 48.5 Å². The smallest absolute Gasteiger partial charge is 0.265 e. The Morgan fingerprint density at radius 2 is 1.90 bits per heavy atom. The van der Waals surface area contributed by atoms with Crippen LogP contribution >= 0.6 is 11.6 Å². The van der Waals surface area contributed by atoms with Gasteiger partial charge in [0.1, 0.15) is 5.75 Å². The number of anilines is 1. The van der Waals surface area contributed by atoms with Crippen molar-refractivity contribution in [2.45, 2.75) is 20.0 Å². The summed E-state index contributed by atoms with van der Waals surface area (Å²) in [5.74, 6) is 0.302. The number of hydrogen-bond acceptors (Lipinski definition) is 2. The highest BCUT2D eigenvalue weighted by molar-refractivity contribution is 6.32. The van der Waals surface area contributed by atoms with E-state index < -0.39 is 6.10 Å². The topological polar surface area (TPSA) is 38.3 Å². The minimum absolute atomic E-state index is 0.214. The van der Waals surface area contributed by atoms with E-state index in [4.69, 9.17) is 16.3 Å². The van der Waals surface area contributed by atoms with E-state index in [1.54, 1.807) is 13.0 Å². The molecule has 20 heavy (non-hydrogen) atoms. The minimum Gasteiger partial charge on any atom is -0.479 e. The average molecular weight is 290 g/mol. The molecule has 2 aromatic rings. The van der Waals surface area contributed by atoms with Crippen LogP contribution in [0.3, 0.4) is 0 Å². The number of para-hydroxylation sites is 1. The van der Waals surface area contributed by atoms with Crippen LogP contribution in [-0.2, 0) is 4.79 Å². The second-order valence-electron chi connectivity index (χ2n) is 4.55. The lowest BCUT2D eigenvalue weighted by Crippen LogP contribution is -2.30. The Balaban J connectivity index is 2.02. The molecule has 1 amide bonds. The van der Waals surface area contributed by atoms with Crippen LogP contribution in [0.5, 0.6) is 5.75 Å². The highest BCUT2D eigenvalue weighted by Gasteiger charge is 2.16. The van der Waals surface area contributed by atoms with Crippen molar-refractivity contribution in [1.29, 1.82) is 0 Å². The van der Waals surface area contributed by atoms with Gasteiger partial charge in [-0.25, -0.2) is 0 Å². The van der Waals surface area contributed by atoms with Gasteiger partial charge in [0.25, 0.3) is 5.91 Å². The Hall–Kier alpha value is -2.00. The van der Waals surface area contributed by atoms with Crippen molar-refractivity contribution in [3.8, 4) is 5.75 Å². The summed E-state index contributed by atoms with van der Waals surface area (Å²) in [4.78, 5) is 12.0. The van der Waals surface area contributed by atoms with Crippen molar-refractivity contribution >= 4 is 23.2 Å². The number of ether oxygens (including phenoxy) is 1. The van der Waals surface area contributed by atoms with Crippen molar-refractivity contribution in [2.24, 2.45) is 0 Å². The molecule has 0 aliphatic rings. The fourth-order valence-electron chi connectivity index (χ4n) is 1.71. The van der Waals surface area contributed by atoms with Crippen LogP contribution in [0.4, 0.5) is 5.69 Å². The summed E-state index contributed by atoms with van der Waals surface area (Å²) < 4.78 is 5.62. The lowest BCUT2D eigenvalue weighted by Gasteiger charge is -2.16. The third-order valence-corrected chi connectivity index (χ3v) is 3.11. The van der Waals surface area contributed by atoms with Crippen LogP contribution in [0.25, 0.3) is 0 Å². The molecule has 0 unspecified atom stereocenters. The summed E-state index contributed by atoms with van der Waals surface area (Å²) in [5.41, 5.74) is 1.77. The van der Waals surface area contributed by atoms with Gasteiger partial charge in [-0.05, 0) is 43.7 Å². The molecule has 1 N–H and O–H groups in total. The molecule has 1 atom stereocenters. The molecule has 0 saturated heterocycles. The van der Waals surface area contributed by atoms with Gasteiger partial charge in [-0.2, -0.15) is 0 Å². The Morgan fingerprint density at radius 1 is 1.20 bits per heavy atom. The fraction of sp³-hybridized carbons (Fsp3) is 0.188. The molecule has 2 rings (SSSR count). The summed E-state index contributed by atoms with van der Waals surface area (Å²) in [6.45, 7) is 3.63. The summed E-state index contributed by atoms with van der Waals surface area (Å²) in [6.07, 6.45) is -0.630. The van der Waals surface area contributed by atoms with E-state index in [9.17, 15) is 4.79 Å². The monoisotopic (exact) mass is 289 g/mol. The van der Waals surface area contributed by atoms with Crippen molar-refractivity contribution in [2.75, 3.05) is 5.32 Å². The van der Waals surface area contributed by atoms with Gasteiger partial charge in [0.2, 0.25) is 0 Å². The van der Waals surface area contributed by atoms with E-state index in [0.717, 1.165) is 11.3 Å². The number of rotatable bonds is 4. The molecule has 0 fully saturated rings. The molecule has 2 aromatic carbocycles. The average Bonchev–Trinajstić information content (AvgIpc) is 2.44. The summed E-state index contributed by atoms with van der Waals surface area (Å²) in [5, 5.41) is 3.28. The molecule has 0 aliphatic carbocycles.